The lowest BCUT2D eigenvalue weighted by atomic mass is 9.85. The molecule has 2 heterocycles. The highest BCUT2D eigenvalue weighted by Crippen LogP contribution is 2.29. The van der Waals surface area contributed by atoms with E-state index in [4.69, 9.17) is 0 Å². The number of carbonyl (C=O) groups excluding carboxylic acids is 1. The highest BCUT2D eigenvalue weighted by molar-refractivity contribution is 6.08. The number of hydrogen-bond donors (Lipinski definition) is 2. The van der Waals surface area contributed by atoms with E-state index in [9.17, 15) is 9.90 Å². The van der Waals surface area contributed by atoms with E-state index < -0.39 is 5.60 Å². The second-order valence-electron chi connectivity index (χ2n) is 7.35. The van der Waals surface area contributed by atoms with Crippen LogP contribution in [0.15, 0.2) is 54.6 Å². The second kappa shape index (κ2) is 6.61. The van der Waals surface area contributed by atoms with E-state index in [0.29, 0.717) is 32.4 Å². The second-order valence-corrected chi connectivity index (χ2v) is 7.35. The predicted molar refractivity (Wildman–Crippen MR) is 103 cm³/mol. The lowest BCUT2D eigenvalue weighted by molar-refractivity contribution is -0.0162. The van der Waals surface area contributed by atoms with Crippen molar-refractivity contribution in [3.8, 4) is 0 Å². The van der Waals surface area contributed by atoms with Gasteiger partial charge in [-0.05, 0) is 31.4 Å². The normalized spacial score (nSPS) is 16.8. The van der Waals surface area contributed by atoms with Crippen LogP contribution in [0.2, 0.25) is 0 Å². The summed E-state index contributed by atoms with van der Waals surface area (Å²) in [5.41, 5.74) is 3.07. The van der Waals surface area contributed by atoms with Crippen LogP contribution < -0.4 is 0 Å². The topological polar surface area (TPSA) is 56.3 Å². The number of para-hydroxylation sites is 1. The van der Waals surface area contributed by atoms with Crippen LogP contribution >= 0.6 is 0 Å². The Labute approximate surface area is 153 Å². The standard InChI is InChI=1S/C22H24N2O2/c1-16-20(18-9-5-6-10-19(18)23-16)21(25)24-13-11-22(26,12-14-24)15-17-7-3-2-4-8-17/h2-10,23,26H,11-15H2,1H3. The Hall–Kier alpha value is -2.59. The predicted octanol–water partition coefficient (Wildman–Crippen LogP) is 3.69. The number of H-pyrrole nitrogens is 1. The number of benzene rings is 2. The molecule has 134 valence electrons. The van der Waals surface area contributed by atoms with E-state index in [1.165, 1.54) is 0 Å². The monoisotopic (exact) mass is 348 g/mol. The van der Waals surface area contributed by atoms with Gasteiger partial charge in [0.05, 0.1) is 11.2 Å². The number of likely N-dealkylation sites (tertiary alicyclic amines) is 1. The van der Waals surface area contributed by atoms with Crippen molar-refractivity contribution in [1.82, 2.24) is 9.88 Å². The number of nitrogens with one attached hydrogen (secondary N) is 1. The minimum atomic E-state index is -0.729. The molecule has 4 heteroatoms. The summed E-state index contributed by atoms with van der Waals surface area (Å²) in [5, 5.41) is 11.9. The molecule has 4 rings (SSSR count). The third-order valence-electron chi connectivity index (χ3n) is 5.46. The molecule has 26 heavy (non-hydrogen) atoms. The van der Waals surface area contributed by atoms with Crippen molar-refractivity contribution in [2.45, 2.75) is 31.8 Å². The molecule has 2 aromatic carbocycles. The lowest BCUT2D eigenvalue weighted by Crippen LogP contribution is -2.47. The van der Waals surface area contributed by atoms with E-state index >= 15 is 0 Å². The van der Waals surface area contributed by atoms with Crippen LogP contribution in [0.3, 0.4) is 0 Å². The van der Waals surface area contributed by atoms with Gasteiger partial charge < -0.3 is 15.0 Å². The molecular weight excluding hydrogens is 324 g/mol. The zero-order valence-electron chi connectivity index (χ0n) is 15.0. The molecule has 1 aliphatic rings. The molecule has 4 nitrogen and oxygen atoms in total. The smallest absolute Gasteiger partial charge is 0.256 e. The van der Waals surface area contributed by atoms with Crippen molar-refractivity contribution >= 4 is 16.8 Å². The zero-order chi connectivity index (χ0) is 18.1. The average molecular weight is 348 g/mol. The molecule has 1 amide bonds. The van der Waals surface area contributed by atoms with Gasteiger partial charge in [0, 0.05) is 36.1 Å². The number of piperidine rings is 1. The summed E-state index contributed by atoms with van der Waals surface area (Å²) < 4.78 is 0. The molecule has 0 aliphatic carbocycles. The zero-order valence-corrected chi connectivity index (χ0v) is 15.0. The number of rotatable bonds is 3. The van der Waals surface area contributed by atoms with E-state index in [0.717, 1.165) is 27.7 Å². The Bertz CT molecular complexity index is 922. The number of amides is 1. The molecule has 1 fully saturated rings. The number of aromatic amines is 1. The van der Waals surface area contributed by atoms with E-state index in [1.807, 2.05) is 66.4 Å². The average Bonchev–Trinajstić information content (AvgIpc) is 2.98. The maximum Gasteiger partial charge on any atom is 0.256 e. The van der Waals surface area contributed by atoms with Gasteiger partial charge in [0.2, 0.25) is 0 Å². The van der Waals surface area contributed by atoms with Gasteiger partial charge in [0.15, 0.2) is 0 Å². The highest BCUT2D eigenvalue weighted by Gasteiger charge is 2.35. The van der Waals surface area contributed by atoms with Gasteiger partial charge in [-0.3, -0.25) is 4.79 Å². The molecule has 1 aliphatic heterocycles. The molecular formula is C22H24N2O2. The summed E-state index contributed by atoms with van der Waals surface area (Å²) >= 11 is 0. The van der Waals surface area contributed by atoms with Gasteiger partial charge in [-0.1, -0.05) is 48.5 Å². The fraction of sp³-hybridized carbons (Fsp3) is 0.318. The molecule has 0 unspecified atom stereocenters. The molecule has 0 spiro atoms. The summed E-state index contributed by atoms with van der Waals surface area (Å²) in [6, 6.07) is 18.0. The van der Waals surface area contributed by atoms with E-state index in [2.05, 4.69) is 4.98 Å². The van der Waals surface area contributed by atoms with Crippen LogP contribution in [0.5, 0.6) is 0 Å². The first kappa shape index (κ1) is 16.9. The van der Waals surface area contributed by atoms with Gasteiger partial charge in [-0.15, -0.1) is 0 Å². The molecule has 1 aromatic heterocycles. The third-order valence-corrected chi connectivity index (χ3v) is 5.46. The number of aromatic nitrogens is 1. The Morgan fingerprint density at radius 1 is 1.08 bits per heavy atom. The first-order valence-electron chi connectivity index (χ1n) is 9.19. The van der Waals surface area contributed by atoms with Crippen LogP contribution in [0.1, 0.15) is 34.5 Å². The number of aliphatic hydroxyl groups is 1. The first-order chi connectivity index (χ1) is 12.6. The summed E-state index contributed by atoms with van der Waals surface area (Å²) in [5.74, 6) is 0.0571. The van der Waals surface area contributed by atoms with E-state index in [-0.39, 0.29) is 5.91 Å². The van der Waals surface area contributed by atoms with Crippen LogP contribution in [0.4, 0.5) is 0 Å². The van der Waals surface area contributed by atoms with Crippen LogP contribution in [-0.2, 0) is 6.42 Å². The molecule has 0 bridgehead atoms. The molecule has 3 aromatic rings. The van der Waals surface area contributed by atoms with Crippen molar-refractivity contribution in [2.75, 3.05) is 13.1 Å². The van der Waals surface area contributed by atoms with Crippen LogP contribution in [0.25, 0.3) is 10.9 Å². The van der Waals surface area contributed by atoms with Crippen molar-refractivity contribution in [3.63, 3.8) is 0 Å². The van der Waals surface area contributed by atoms with Gasteiger partial charge in [0.1, 0.15) is 0 Å². The number of aryl methyl sites for hydroxylation is 1. The fourth-order valence-electron chi connectivity index (χ4n) is 3.99. The van der Waals surface area contributed by atoms with Gasteiger partial charge in [-0.25, -0.2) is 0 Å². The SMILES string of the molecule is Cc1[nH]c2ccccc2c1C(=O)N1CCC(O)(Cc2ccccc2)CC1. The molecule has 0 saturated carbocycles. The molecule has 0 atom stereocenters. The van der Waals surface area contributed by atoms with Gasteiger partial charge in [0.25, 0.3) is 5.91 Å². The molecule has 0 radical (unpaired) electrons. The third kappa shape index (κ3) is 3.13. The fourth-order valence-corrected chi connectivity index (χ4v) is 3.99. The number of hydrogen-bond acceptors (Lipinski definition) is 2. The van der Waals surface area contributed by atoms with Crippen molar-refractivity contribution in [2.24, 2.45) is 0 Å². The van der Waals surface area contributed by atoms with Gasteiger partial charge >= 0.3 is 0 Å². The maximum absolute atomic E-state index is 13.1. The summed E-state index contributed by atoms with van der Waals surface area (Å²) in [7, 11) is 0. The molecule has 1 saturated heterocycles. The quantitative estimate of drug-likeness (QED) is 0.758. The summed E-state index contributed by atoms with van der Waals surface area (Å²) in [6.45, 7) is 3.12. The Kier molecular flexibility index (Phi) is 4.29. The van der Waals surface area contributed by atoms with Crippen LogP contribution in [0, 0.1) is 6.92 Å². The number of fused-ring (bicyclic) bond motifs is 1. The lowest BCUT2D eigenvalue weighted by Gasteiger charge is -2.38. The largest absolute Gasteiger partial charge is 0.389 e. The number of carbonyl (C=O) groups is 1. The Morgan fingerprint density at radius 3 is 2.46 bits per heavy atom. The van der Waals surface area contributed by atoms with Crippen LogP contribution in [-0.4, -0.2) is 39.6 Å². The minimum Gasteiger partial charge on any atom is -0.389 e. The maximum atomic E-state index is 13.1. The summed E-state index contributed by atoms with van der Waals surface area (Å²) in [6.07, 6.45) is 1.85. The first-order valence-corrected chi connectivity index (χ1v) is 9.19. The van der Waals surface area contributed by atoms with Crippen molar-refractivity contribution in [1.29, 1.82) is 0 Å². The number of nitrogens with zero attached hydrogens (tertiary/aromatic N) is 1. The van der Waals surface area contributed by atoms with Gasteiger partial charge in [-0.2, -0.15) is 0 Å². The molecule has 2 N–H and O–H groups in total. The highest BCUT2D eigenvalue weighted by atomic mass is 16.3. The van der Waals surface area contributed by atoms with Crippen molar-refractivity contribution in [3.05, 3.63) is 71.4 Å². The van der Waals surface area contributed by atoms with Crippen molar-refractivity contribution < 1.29 is 9.90 Å². The summed E-state index contributed by atoms with van der Waals surface area (Å²) in [4.78, 5) is 18.3. The Balaban J connectivity index is 1.49. The minimum absolute atomic E-state index is 0.0571. The Morgan fingerprint density at radius 2 is 1.73 bits per heavy atom. The van der Waals surface area contributed by atoms with E-state index in [1.54, 1.807) is 0 Å².